The first-order chi connectivity index (χ1) is 9.31. The fourth-order valence-corrected chi connectivity index (χ4v) is 2.10. The van der Waals surface area contributed by atoms with E-state index in [0.29, 0.717) is 39.3 Å². The van der Waals surface area contributed by atoms with E-state index in [0.717, 1.165) is 11.5 Å². The van der Waals surface area contributed by atoms with Gasteiger partial charge in [0.15, 0.2) is 11.5 Å². The van der Waals surface area contributed by atoms with Gasteiger partial charge in [-0.15, -0.1) is 0 Å². The number of hydrogen-bond donors (Lipinski definition) is 0. The average molecular weight is 264 g/mol. The monoisotopic (exact) mass is 264 g/mol. The van der Waals surface area contributed by atoms with Crippen molar-refractivity contribution in [1.29, 1.82) is 0 Å². The van der Waals surface area contributed by atoms with Crippen molar-refractivity contribution >= 4 is 5.78 Å². The van der Waals surface area contributed by atoms with Crippen molar-refractivity contribution in [2.45, 2.75) is 19.8 Å². The molecule has 2 rings (SSSR count). The van der Waals surface area contributed by atoms with Crippen molar-refractivity contribution < 1.29 is 19.0 Å². The van der Waals surface area contributed by atoms with Crippen LogP contribution in [-0.4, -0.2) is 32.2 Å². The summed E-state index contributed by atoms with van der Waals surface area (Å²) in [5.74, 6) is 1.74. The smallest absolute Gasteiger partial charge is 0.161 e. The topological polar surface area (TPSA) is 44.8 Å². The molecule has 0 saturated carbocycles. The molecule has 0 amide bonds. The molecule has 1 fully saturated rings. The number of ketones is 1. The second-order valence-electron chi connectivity index (χ2n) is 4.51. The molecule has 1 aliphatic rings. The number of para-hydroxylation sites is 2. The van der Waals surface area contributed by atoms with Crippen LogP contribution in [0.5, 0.6) is 11.5 Å². The van der Waals surface area contributed by atoms with Crippen LogP contribution in [0.4, 0.5) is 0 Å². The molecule has 1 saturated heterocycles. The molecule has 1 atom stereocenters. The number of carbonyl (C=O) groups excluding carboxylic acids is 1. The van der Waals surface area contributed by atoms with E-state index in [1.807, 2.05) is 31.2 Å². The molecule has 19 heavy (non-hydrogen) atoms. The number of hydrogen-bond acceptors (Lipinski definition) is 4. The van der Waals surface area contributed by atoms with Crippen LogP contribution in [0.1, 0.15) is 19.8 Å². The lowest BCUT2D eigenvalue weighted by Crippen LogP contribution is -2.28. The molecule has 1 unspecified atom stereocenters. The molecule has 0 bridgehead atoms. The molecule has 0 aliphatic carbocycles. The predicted molar refractivity (Wildman–Crippen MR) is 71.7 cm³/mol. The molecule has 1 aliphatic heterocycles. The van der Waals surface area contributed by atoms with Crippen LogP contribution in [0.3, 0.4) is 0 Å². The largest absolute Gasteiger partial charge is 0.490 e. The third-order valence-electron chi connectivity index (χ3n) is 3.14. The summed E-state index contributed by atoms with van der Waals surface area (Å²) in [4.78, 5) is 11.6. The quantitative estimate of drug-likeness (QED) is 0.791. The third kappa shape index (κ3) is 3.96. The third-order valence-corrected chi connectivity index (χ3v) is 3.14. The second-order valence-corrected chi connectivity index (χ2v) is 4.51. The number of ether oxygens (including phenoxy) is 3. The first-order valence-electron chi connectivity index (χ1n) is 6.76. The molecular formula is C15H20O4. The molecule has 1 heterocycles. The fraction of sp³-hybridized carbons (Fsp3) is 0.533. The van der Waals surface area contributed by atoms with Crippen molar-refractivity contribution in [3.63, 3.8) is 0 Å². The summed E-state index contributed by atoms with van der Waals surface area (Å²) in [6, 6.07) is 7.58. The van der Waals surface area contributed by atoms with Crippen molar-refractivity contribution in [1.82, 2.24) is 0 Å². The van der Waals surface area contributed by atoms with Gasteiger partial charge in [0.1, 0.15) is 5.78 Å². The maximum absolute atomic E-state index is 11.6. The Hall–Kier alpha value is -1.55. The van der Waals surface area contributed by atoms with Gasteiger partial charge in [0.05, 0.1) is 26.4 Å². The van der Waals surface area contributed by atoms with E-state index in [-0.39, 0.29) is 11.7 Å². The zero-order chi connectivity index (χ0) is 13.5. The van der Waals surface area contributed by atoms with Gasteiger partial charge in [-0.3, -0.25) is 4.79 Å². The van der Waals surface area contributed by atoms with Gasteiger partial charge in [0, 0.05) is 12.3 Å². The lowest BCUT2D eigenvalue weighted by atomic mass is 9.98. The Kier molecular flexibility index (Phi) is 5.21. The lowest BCUT2D eigenvalue weighted by Gasteiger charge is -2.21. The number of carbonyl (C=O) groups is 1. The van der Waals surface area contributed by atoms with E-state index in [4.69, 9.17) is 14.2 Å². The highest BCUT2D eigenvalue weighted by molar-refractivity contribution is 5.81. The Balaban J connectivity index is 1.83. The minimum absolute atomic E-state index is 0.0204. The number of rotatable bonds is 6. The molecule has 0 aromatic heterocycles. The van der Waals surface area contributed by atoms with E-state index in [1.165, 1.54) is 0 Å². The van der Waals surface area contributed by atoms with Crippen molar-refractivity contribution in [3.05, 3.63) is 24.3 Å². The zero-order valence-corrected chi connectivity index (χ0v) is 11.3. The van der Waals surface area contributed by atoms with E-state index in [1.54, 1.807) is 0 Å². The second kappa shape index (κ2) is 7.14. The average Bonchev–Trinajstić information content (AvgIpc) is 2.43. The summed E-state index contributed by atoms with van der Waals surface area (Å²) in [5, 5.41) is 0. The van der Waals surface area contributed by atoms with Gasteiger partial charge in [-0.25, -0.2) is 0 Å². The van der Waals surface area contributed by atoms with Gasteiger partial charge in [-0.1, -0.05) is 12.1 Å². The summed E-state index contributed by atoms with van der Waals surface area (Å²) in [6.07, 6.45) is 1.22. The normalized spacial score (nSPS) is 19.2. The molecular weight excluding hydrogens is 244 g/mol. The van der Waals surface area contributed by atoms with E-state index in [9.17, 15) is 4.79 Å². The van der Waals surface area contributed by atoms with Crippen molar-refractivity contribution in [2.75, 3.05) is 26.4 Å². The Morgan fingerprint density at radius 3 is 2.68 bits per heavy atom. The molecule has 0 radical (unpaired) electrons. The van der Waals surface area contributed by atoms with Gasteiger partial charge in [0.25, 0.3) is 0 Å². The van der Waals surface area contributed by atoms with Crippen LogP contribution < -0.4 is 9.47 Å². The lowest BCUT2D eigenvalue weighted by molar-refractivity contribution is -0.131. The summed E-state index contributed by atoms with van der Waals surface area (Å²) >= 11 is 0. The maximum Gasteiger partial charge on any atom is 0.161 e. The number of Topliss-reactive ketones (excluding diaryl/α,β-unsaturated/α-hetero) is 1. The van der Waals surface area contributed by atoms with E-state index in [2.05, 4.69) is 0 Å². The fourth-order valence-electron chi connectivity index (χ4n) is 2.10. The van der Waals surface area contributed by atoms with Crippen LogP contribution in [-0.2, 0) is 9.53 Å². The summed E-state index contributed by atoms with van der Waals surface area (Å²) < 4.78 is 16.5. The van der Waals surface area contributed by atoms with E-state index < -0.39 is 0 Å². The molecule has 104 valence electrons. The first-order valence-corrected chi connectivity index (χ1v) is 6.76. The van der Waals surface area contributed by atoms with Crippen LogP contribution >= 0.6 is 0 Å². The van der Waals surface area contributed by atoms with Crippen LogP contribution in [0, 0.1) is 5.92 Å². The van der Waals surface area contributed by atoms with Gasteiger partial charge in [-0.05, 0) is 25.5 Å². The minimum atomic E-state index is -0.0204. The van der Waals surface area contributed by atoms with Crippen molar-refractivity contribution in [3.8, 4) is 11.5 Å². The molecule has 0 N–H and O–H groups in total. The Morgan fingerprint density at radius 2 is 2.00 bits per heavy atom. The molecule has 1 aromatic carbocycles. The summed E-state index contributed by atoms with van der Waals surface area (Å²) in [7, 11) is 0. The van der Waals surface area contributed by atoms with Crippen LogP contribution in [0.25, 0.3) is 0 Å². The Morgan fingerprint density at radius 1 is 1.26 bits per heavy atom. The molecule has 1 aromatic rings. The first kappa shape index (κ1) is 13.9. The number of benzene rings is 1. The van der Waals surface area contributed by atoms with E-state index >= 15 is 0 Å². The maximum atomic E-state index is 11.6. The van der Waals surface area contributed by atoms with Crippen LogP contribution in [0.15, 0.2) is 24.3 Å². The Labute approximate surface area is 113 Å². The highest BCUT2D eigenvalue weighted by atomic mass is 16.5. The predicted octanol–water partition coefficient (Wildman–Crippen LogP) is 2.46. The highest BCUT2D eigenvalue weighted by Gasteiger charge is 2.22. The van der Waals surface area contributed by atoms with Gasteiger partial charge in [0.2, 0.25) is 0 Å². The van der Waals surface area contributed by atoms with Gasteiger partial charge in [-0.2, -0.15) is 0 Å². The van der Waals surface area contributed by atoms with Crippen LogP contribution in [0.2, 0.25) is 0 Å². The summed E-state index contributed by atoms with van der Waals surface area (Å²) in [6.45, 7) is 4.13. The summed E-state index contributed by atoms with van der Waals surface area (Å²) in [5.41, 5.74) is 0. The molecule has 4 nitrogen and oxygen atoms in total. The molecule has 4 heteroatoms. The zero-order valence-electron chi connectivity index (χ0n) is 11.3. The van der Waals surface area contributed by atoms with Gasteiger partial charge >= 0.3 is 0 Å². The highest BCUT2D eigenvalue weighted by Crippen LogP contribution is 2.27. The van der Waals surface area contributed by atoms with Gasteiger partial charge < -0.3 is 14.2 Å². The standard InChI is InChI=1S/C15H20O4/c1-2-18-14-5-3-4-6-15(14)19-10-7-12-11-17-9-8-13(12)16/h3-6,12H,2,7-11H2,1H3. The SMILES string of the molecule is CCOc1ccccc1OCCC1COCCC1=O. The molecule has 0 spiro atoms. The minimum Gasteiger partial charge on any atom is -0.490 e. The van der Waals surface area contributed by atoms with Crippen molar-refractivity contribution in [2.24, 2.45) is 5.92 Å². The Bertz CT molecular complexity index is 416.